The lowest BCUT2D eigenvalue weighted by molar-refractivity contribution is -0.156. The second-order valence-corrected chi connectivity index (χ2v) is 10.9. The number of piperidine rings is 1. The number of hydrogen-bond donors (Lipinski definition) is 1. The molecule has 5 nitrogen and oxygen atoms in total. The van der Waals surface area contributed by atoms with Gasteiger partial charge in [-0.1, -0.05) is 26.8 Å². The maximum Gasteiger partial charge on any atom is 0.412 e. The monoisotopic (exact) mass is 554 g/mol. The van der Waals surface area contributed by atoms with Gasteiger partial charge in [0.1, 0.15) is 0 Å². The molecule has 218 valence electrons. The molecule has 0 bridgehead atoms. The minimum atomic E-state index is -4.70. The summed E-state index contributed by atoms with van der Waals surface area (Å²) < 4.78 is 83.8. The number of carbonyl (C=O) groups is 2. The Morgan fingerprint density at radius 3 is 2.34 bits per heavy atom. The molecule has 0 aromatic carbocycles. The van der Waals surface area contributed by atoms with Crippen LogP contribution >= 0.6 is 0 Å². The molecule has 11 heteroatoms. The van der Waals surface area contributed by atoms with E-state index in [1.807, 2.05) is 13.8 Å². The summed E-state index contributed by atoms with van der Waals surface area (Å²) >= 11 is 0. The van der Waals surface area contributed by atoms with Crippen LogP contribution in [0.4, 0.5) is 26.3 Å². The zero-order chi connectivity index (χ0) is 28.9. The van der Waals surface area contributed by atoms with Crippen molar-refractivity contribution < 1.29 is 40.7 Å². The minimum Gasteiger partial charge on any atom is -0.466 e. The quantitative estimate of drug-likeness (QED) is 0.209. The van der Waals surface area contributed by atoms with E-state index < -0.39 is 35.8 Å². The molecule has 1 saturated carbocycles. The molecule has 4 atom stereocenters. The number of nitrogens with one attached hydrogen (secondary N) is 1. The molecular formula is C27H40F6N2O3. The van der Waals surface area contributed by atoms with Crippen LogP contribution in [0.5, 0.6) is 0 Å². The van der Waals surface area contributed by atoms with Crippen LogP contribution in [0.25, 0.3) is 0 Å². The molecule has 2 aliphatic rings. The highest BCUT2D eigenvalue weighted by atomic mass is 19.4. The van der Waals surface area contributed by atoms with Gasteiger partial charge in [-0.2, -0.15) is 26.3 Å². The first-order valence-electron chi connectivity index (χ1n) is 13.2. The Labute approximate surface area is 221 Å². The number of nitrogens with zero attached hydrogens (tertiary/aromatic N) is 1. The fourth-order valence-corrected chi connectivity index (χ4v) is 5.44. The van der Waals surface area contributed by atoms with Gasteiger partial charge in [-0.25, -0.2) is 0 Å². The largest absolute Gasteiger partial charge is 0.466 e. The Hall–Kier alpha value is -2.04. The van der Waals surface area contributed by atoms with Crippen LogP contribution < -0.4 is 5.32 Å². The first-order valence-corrected chi connectivity index (χ1v) is 13.2. The van der Waals surface area contributed by atoms with E-state index in [9.17, 15) is 35.9 Å². The van der Waals surface area contributed by atoms with Crippen LogP contribution in [0.15, 0.2) is 23.3 Å². The van der Waals surface area contributed by atoms with Gasteiger partial charge in [0.05, 0.1) is 23.9 Å². The molecule has 1 amide bonds. The van der Waals surface area contributed by atoms with Gasteiger partial charge in [0.15, 0.2) is 0 Å². The molecule has 0 aromatic heterocycles. The van der Waals surface area contributed by atoms with E-state index >= 15 is 0 Å². The molecule has 2 fully saturated rings. The van der Waals surface area contributed by atoms with Crippen molar-refractivity contribution in [3.63, 3.8) is 0 Å². The third kappa shape index (κ3) is 8.23. The summed E-state index contributed by atoms with van der Waals surface area (Å²) in [6, 6.07) is 0.0491. The molecular weight excluding hydrogens is 514 g/mol. The number of likely N-dealkylation sites (tertiary alicyclic amines) is 1. The average molecular weight is 555 g/mol. The first-order chi connectivity index (χ1) is 17.5. The van der Waals surface area contributed by atoms with Crippen molar-refractivity contribution in [2.24, 2.45) is 23.2 Å². The van der Waals surface area contributed by atoms with E-state index in [0.717, 1.165) is 39.3 Å². The summed E-state index contributed by atoms with van der Waals surface area (Å²) in [7, 11) is 0. The summed E-state index contributed by atoms with van der Waals surface area (Å²) in [6.07, 6.45) is -4.61. The molecule has 4 unspecified atom stereocenters. The predicted octanol–water partition coefficient (Wildman–Crippen LogP) is 6.21. The molecule has 0 spiro atoms. The number of hydrogen-bond acceptors (Lipinski definition) is 4. The molecule has 0 radical (unpaired) electrons. The van der Waals surface area contributed by atoms with E-state index in [1.165, 1.54) is 0 Å². The molecule has 1 saturated heterocycles. The second kappa shape index (κ2) is 12.9. The second-order valence-electron chi connectivity index (χ2n) is 10.9. The Morgan fingerprint density at radius 2 is 1.79 bits per heavy atom. The number of allylic oxidation sites excluding steroid dienone is 2. The van der Waals surface area contributed by atoms with Gasteiger partial charge in [-0.15, -0.1) is 0 Å². The molecule has 38 heavy (non-hydrogen) atoms. The molecule has 1 aliphatic heterocycles. The molecule has 1 N–H and O–H groups in total. The number of halogens is 6. The minimum absolute atomic E-state index is 0.0491. The van der Waals surface area contributed by atoms with Crippen molar-refractivity contribution in [1.82, 2.24) is 10.2 Å². The lowest BCUT2D eigenvalue weighted by Gasteiger charge is -2.38. The Morgan fingerprint density at radius 1 is 1.13 bits per heavy atom. The molecule has 1 heterocycles. The van der Waals surface area contributed by atoms with E-state index in [1.54, 1.807) is 6.92 Å². The highest BCUT2D eigenvalue weighted by Crippen LogP contribution is 2.47. The first kappa shape index (κ1) is 32.2. The molecule has 1 aliphatic carbocycles. The molecule has 2 rings (SSSR count). The summed E-state index contributed by atoms with van der Waals surface area (Å²) in [5.74, 6) is -2.91. The van der Waals surface area contributed by atoms with Crippen LogP contribution in [0.2, 0.25) is 0 Å². The smallest absolute Gasteiger partial charge is 0.412 e. The van der Waals surface area contributed by atoms with Crippen molar-refractivity contribution in [2.45, 2.75) is 85.1 Å². The van der Waals surface area contributed by atoms with E-state index in [0.29, 0.717) is 38.5 Å². The van der Waals surface area contributed by atoms with E-state index in [2.05, 4.69) is 10.2 Å². The Kier molecular flexibility index (Phi) is 10.9. The lowest BCUT2D eigenvalue weighted by Crippen LogP contribution is -2.47. The van der Waals surface area contributed by atoms with Gasteiger partial charge >= 0.3 is 18.3 Å². The van der Waals surface area contributed by atoms with Crippen LogP contribution in [0.1, 0.15) is 66.7 Å². The van der Waals surface area contributed by atoms with Gasteiger partial charge in [-0.05, 0) is 70.1 Å². The SMILES string of the molecule is CCOC(=O)C1CCCN(C2CCC(C(=O)NCC(=C/C(C)C(F)(F)F)/C=C(\C)C(F)(F)F)(C(C)C)C2)C1. The van der Waals surface area contributed by atoms with Gasteiger partial charge in [0.25, 0.3) is 0 Å². The number of carbonyl (C=O) groups excluding carboxylic acids is 2. The maximum atomic E-state index is 13.5. The number of ether oxygens (including phenoxy) is 1. The van der Waals surface area contributed by atoms with E-state index in [4.69, 9.17) is 4.74 Å². The van der Waals surface area contributed by atoms with Gasteiger partial charge in [0.2, 0.25) is 5.91 Å². The number of rotatable bonds is 9. The standard InChI is InChI=1S/C27H40F6N2O3/c1-6-38-23(36)21-8-7-11-35(16-21)22-9-10-25(14-22,17(2)3)24(37)34-15-20(12-18(4)26(28,29)30)13-19(5)27(31,32)33/h12-13,17-18,21-22H,6-11,14-16H2,1-5H3,(H,34,37)/b19-13+,20-12+. The zero-order valence-corrected chi connectivity index (χ0v) is 22.8. The predicted molar refractivity (Wildman–Crippen MR) is 132 cm³/mol. The van der Waals surface area contributed by atoms with Crippen molar-refractivity contribution in [3.05, 3.63) is 23.3 Å². The van der Waals surface area contributed by atoms with Gasteiger partial charge < -0.3 is 10.1 Å². The van der Waals surface area contributed by atoms with Gasteiger partial charge in [-0.3, -0.25) is 14.5 Å². The molecule has 0 aromatic rings. The number of esters is 1. The fourth-order valence-electron chi connectivity index (χ4n) is 5.44. The lowest BCUT2D eigenvalue weighted by atomic mass is 9.74. The van der Waals surface area contributed by atoms with Crippen LogP contribution in [-0.2, 0) is 14.3 Å². The van der Waals surface area contributed by atoms with Crippen molar-refractivity contribution >= 4 is 11.9 Å². The normalized spacial score (nSPS) is 26.9. The Balaban J connectivity index is 2.18. The van der Waals surface area contributed by atoms with Crippen LogP contribution in [0, 0.1) is 23.2 Å². The summed E-state index contributed by atoms with van der Waals surface area (Å²) in [5.41, 5.74) is -2.11. The average Bonchev–Trinajstić information content (AvgIpc) is 3.28. The van der Waals surface area contributed by atoms with E-state index in [-0.39, 0.29) is 35.3 Å². The third-order valence-electron chi connectivity index (χ3n) is 7.95. The van der Waals surface area contributed by atoms with Crippen molar-refractivity contribution in [1.29, 1.82) is 0 Å². The maximum absolute atomic E-state index is 13.5. The zero-order valence-electron chi connectivity index (χ0n) is 22.8. The number of alkyl halides is 6. The third-order valence-corrected chi connectivity index (χ3v) is 7.95. The van der Waals surface area contributed by atoms with Crippen LogP contribution in [0.3, 0.4) is 0 Å². The Bertz CT molecular complexity index is 896. The summed E-state index contributed by atoms with van der Waals surface area (Å²) in [6.45, 7) is 8.40. The number of amides is 1. The topological polar surface area (TPSA) is 58.6 Å². The fraction of sp³-hybridized carbons (Fsp3) is 0.778. The van der Waals surface area contributed by atoms with Crippen molar-refractivity contribution in [2.75, 3.05) is 26.2 Å². The highest BCUT2D eigenvalue weighted by Gasteiger charge is 2.49. The highest BCUT2D eigenvalue weighted by molar-refractivity contribution is 5.83. The van der Waals surface area contributed by atoms with Crippen molar-refractivity contribution in [3.8, 4) is 0 Å². The summed E-state index contributed by atoms with van der Waals surface area (Å²) in [5, 5.41) is 2.65. The van der Waals surface area contributed by atoms with Crippen LogP contribution in [-0.4, -0.2) is 61.4 Å². The summed E-state index contributed by atoms with van der Waals surface area (Å²) in [4.78, 5) is 27.9. The van der Waals surface area contributed by atoms with Gasteiger partial charge in [0, 0.05) is 24.7 Å².